The molecule has 7 heteroatoms. The number of amides is 2. The fourth-order valence-electron chi connectivity index (χ4n) is 5.01. The Hall–Kier alpha value is -3.19. The van der Waals surface area contributed by atoms with Crippen LogP contribution in [-0.2, 0) is 4.79 Å². The van der Waals surface area contributed by atoms with Gasteiger partial charge >= 0.3 is 0 Å². The predicted molar refractivity (Wildman–Crippen MR) is 145 cm³/mol. The molecule has 36 heavy (non-hydrogen) atoms. The van der Waals surface area contributed by atoms with Gasteiger partial charge in [-0.25, -0.2) is 4.98 Å². The van der Waals surface area contributed by atoms with Crippen molar-refractivity contribution in [1.29, 1.82) is 0 Å². The number of methoxy groups -OCH3 is 1. The number of nitrogens with zero attached hydrogens (tertiary/aromatic N) is 2. The van der Waals surface area contributed by atoms with Crippen molar-refractivity contribution in [3.8, 4) is 5.75 Å². The predicted octanol–water partition coefficient (Wildman–Crippen LogP) is 6.22. The van der Waals surface area contributed by atoms with E-state index in [9.17, 15) is 9.59 Å². The molecule has 4 rings (SSSR count). The van der Waals surface area contributed by atoms with Crippen molar-refractivity contribution in [2.75, 3.05) is 12.0 Å². The zero-order chi connectivity index (χ0) is 25.8. The second-order valence-corrected chi connectivity index (χ2v) is 10.8. The summed E-state index contributed by atoms with van der Waals surface area (Å²) >= 11 is 1.37. The van der Waals surface area contributed by atoms with Crippen molar-refractivity contribution < 1.29 is 14.3 Å². The van der Waals surface area contributed by atoms with Gasteiger partial charge in [0.2, 0.25) is 5.91 Å². The first-order chi connectivity index (χ1) is 17.3. The van der Waals surface area contributed by atoms with Crippen LogP contribution in [-0.4, -0.2) is 29.9 Å². The van der Waals surface area contributed by atoms with Crippen molar-refractivity contribution in [2.45, 2.75) is 71.9 Å². The van der Waals surface area contributed by atoms with Gasteiger partial charge in [0.25, 0.3) is 5.91 Å². The molecule has 1 saturated carbocycles. The van der Waals surface area contributed by atoms with Crippen molar-refractivity contribution in [1.82, 2.24) is 10.3 Å². The highest BCUT2D eigenvalue weighted by Crippen LogP contribution is 2.35. The second kappa shape index (κ2) is 11.2. The molecule has 1 aliphatic rings. The van der Waals surface area contributed by atoms with Gasteiger partial charge in [-0.05, 0) is 69.9 Å². The summed E-state index contributed by atoms with van der Waals surface area (Å²) in [5, 5.41) is 4.10. The van der Waals surface area contributed by atoms with Crippen LogP contribution < -0.4 is 15.0 Å². The molecule has 0 saturated heterocycles. The highest BCUT2D eigenvalue weighted by atomic mass is 32.1. The first kappa shape index (κ1) is 25.9. The normalized spacial score (nSPS) is 14.8. The van der Waals surface area contributed by atoms with Crippen molar-refractivity contribution in [2.24, 2.45) is 0 Å². The lowest BCUT2D eigenvalue weighted by Gasteiger charge is -2.34. The summed E-state index contributed by atoms with van der Waals surface area (Å²) in [6.45, 7) is 7.75. The minimum Gasteiger partial charge on any atom is -0.497 e. The minimum absolute atomic E-state index is 0.121. The maximum atomic E-state index is 14.2. The number of benzene rings is 2. The van der Waals surface area contributed by atoms with Gasteiger partial charge in [0, 0.05) is 11.7 Å². The van der Waals surface area contributed by atoms with Crippen LogP contribution in [0.5, 0.6) is 5.75 Å². The van der Waals surface area contributed by atoms with Crippen LogP contribution in [0.15, 0.2) is 42.5 Å². The fourth-order valence-corrected chi connectivity index (χ4v) is 5.87. The van der Waals surface area contributed by atoms with Crippen molar-refractivity contribution >= 4 is 28.8 Å². The SMILES string of the molecule is COc1ccc(C(C(=O)NC2CCCCC2)N(C(=O)c2sc(C)nc2C)c2ccc(C)cc2C)cc1. The lowest BCUT2D eigenvalue weighted by Crippen LogP contribution is -2.47. The number of ether oxygens (including phenoxy) is 1. The lowest BCUT2D eigenvalue weighted by molar-refractivity contribution is -0.123. The van der Waals surface area contributed by atoms with E-state index in [2.05, 4.69) is 10.3 Å². The van der Waals surface area contributed by atoms with E-state index in [1.54, 1.807) is 12.0 Å². The smallest absolute Gasteiger partial charge is 0.271 e. The van der Waals surface area contributed by atoms with Gasteiger partial charge in [0.05, 0.1) is 17.8 Å². The van der Waals surface area contributed by atoms with Crippen molar-refractivity contribution in [3.63, 3.8) is 0 Å². The van der Waals surface area contributed by atoms with Gasteiger partial charge in [-0.2, -0.15) is 0 Å². The number of carbonyl (C=O) groups is 2. The Morgan fingerprint density at radius 1 is 1.03 bits per heavy atom. The Bertz CT molecular complexity index is 1230. The molecule has 1 aromatic heterocycles. The average molecular weight is 506 g/mol. The summed E-state index contributed by atoms with van der Waals surface area (Å²) in [7, 11) is 1.61. The number of carbonyl (C=O) groups excluding carboxylic acids is 2. The molecule has 1 unspecified atom stereocenters. The molecular formula is C29H35N3O3S. The Balaban J connectivity index is 1.85. The van der Waals surface area contributed by atoms with Gasteiger partial charge in [0.15, 0.2) is 0 Å². The molecular weight excluding hydrogens is 470 g/mol. The molecule has 1 fully saturated rings. The Morgan fingerprint density at radius 3 is 2.31 bits per heavy atom. The number of aryl methyl sites for hydroxylation is 4. The third-order valence-corrected chi connectivity index (χ3v) is 7.88. The summed E-state index contributed by atoms with van der Waals surface area (Å²) in [5.74, 6) is 0.312. The van der Waals surface area contributed by atoms with E-state index in [1.807, 2.05) is 70.2 Å². The molecule has 1 heterocycles. The van der Waals surface area contributed by atoms with E-state index in [4.69, 9.17) is 4.74 Å². The quantitative estimate of drug-likeness (QED) is 0.414. The zero-order valence-electron chi connectivity index (χ0n) is 21.8. The first-order valence-corrected chi connectivity index (χ1v) is 13.4. The zero-order valence-corrected chi connectivity index (χ0v) is 22.6. The maximum absolute atomic E-state index is 14.2. The molecule has 1 aliphatic carbocycles. The van der Waals surface area contributed by atoms with E-state index < -0.39 is 6.04 Å². The minimum atomic E-state index is -0.839. The van der Waals surface area contributed by atoms with Gasteiger partial charge in [-0.3, -0.25) is 14.5 Å². The first-order valence-electron chi connectivity index (χ1n) is 12.6. The molecule has 0 spiro atoms. The average Bonchev–Trinajstić information content (AvgIpc) is 3.21. The number of thiazole rings is 1. The topological polar surface area (TPSA) is 71.5 Å². The number of nitrogens with one attached hydrogen (secondary N) is 1. The number of anilines is 1. The van der Waals surface area contributed by atoms with Crippen LogP contribution in [0.25, 0.3) is 0 Å². The summed E-state index contributed by atoms with van der Waals surface area (Å²) in [4.78, 5) is 35.0. The fraction of sp³-hybridized carbons (Fsp3) is 0.414. The molecule has 0 radical (unpaired) electrons. The van der Waals surface area contributed by atoms with Gasteiger partial charge in [-0.1, -0.05) is 49.1 Å². The lowest BCUT2D eigenvalue weighted by atomic mass is 9.94. The summed E-state index contributed by atoms with van der Waals surface area (Å²) < 4.78 is 5.36. The Kier molecular flexibility index (Phi) is 8.09. The highest BCUT2D eigenvalue weighted by Gasteiger charge is 2.36. The molecule has 6 nitrogen and oxygen atoms in total. The molecule has 2 aromatic carbocycles. The van der Waals surface area contributed by atoms with E-state index in [0.29, 0.717) is 16.3 Å². The molecule has 0 bridgehead atoms. The number of aromatic nitrogens is 1. The summed E-state index contributed by atoms with van der Waals surface area (Å²) in [6, 6.07) is 12.7. The summed E-state index contributed by atoms with van der Waals surface area (Å²) in [5.41, 5.74) is 4.16. The third kappa shape index (κ3) is 5.62. The van der Waals surface area contributed by atoms with Crippen LogP contribution in [0.3, 0.4) is 0 Å². The summed E-state index contributed by atoms with van der Waals surface area (Å²) in [6.07, 6.45) is 5.34. The van der Waals surface area contributed by atoms with E-state index in [-0.39, 0.29) is 17.9 Å². The van der Waals surface area contributed by atoms with Gasteiger partial charge < -0.3 is 10.1 Å². The molecule has 2 amide bonds. The third-order valence-electron chi connectivity index (χ3n) is 6.82. The molecule has 1 N–H and O–H groups in total. The number of rotatable bonds is 7. The van der Waals surface area contributed by atoms with Crippen molar-refractivity contribution in [3.05, 3.63) is 74.7 Å². The monoisotopic (exact) mass is 505 g/mol. The van der Waals surface area contributed by atoms with Crippen LogP contribution in [0.2, 0.25) is 0 Å². The molecule has 1 atom stereocenters. The number of hydrogen-bond acceptors (Lipinski definition) is 5. The molecule has 3 aromatic rings. The standard InChI is InChI=1S/C29H35N3O3S/c1-18-11-16-25(19(2)17-18)32(29(34)27-20(3)30-21(4)36-27)26(22-12-14-24(35-5)15-13-22)28(33)31-23-9-7-6-8-10-23/h11-17,23,26H,6-10H2,1-5H3,(H,31,33). The van der Waals surface area contributed by atoms with Gasteiger partial charge in [-0.15, -0.1) is 11.3 Å². The van der Waals surface area contributed by atoms with Crippen LogP contribution in [0.1, 0.15) is 75.2 Å². The Labute approximate surface area is 217 Å². The van der Waals surface area contributed by atoms with Crippen LogP contribution in [0.4, 0.5) is 5.69 Å². The number of hydrogen-bond donors (Lipinski definition) is 1. The largest absolute Gasteiger partial charge is 0.497 e. The van der Waals surface area contributed by atoms with E-state index in [0.717, 1.165) is 53.1 Å². The molecule has 0 aliphatic heterocycles. The van der Waals surface area contributed by atoms with Gasteiger partial charge in [0.1, 0.15) is 16.7 Å². The molecule has 190 valence electrons. The second-order valence-electron chi connectivity index (χ2n) is 9.63. The van der Waals surface area contributed by atoms with E-state index >= 15 is 0 Å². The Morgan fingerprint density at radius 2 is 1.72 bits per heavy atom. The van der Waals surface area contributed by atoms with Crippen LogP contribution in [0, 0.1) is 27.7 Å². The van der Waals surface area contributed by atoms with Crippen LogP contribution >= 0.6 is 11.3 Å². The maximum Gasteiger partial charge on any atom is 0.271 e. The highest BCUT2D eigenvalue weighted by molar-refractivity contribution is 7.13. The van der Waals surface area contributed by atoms with E-state index in [1.165, 1.54) is 17.8 Å².